The Balaban J connectivity index is 1.81. The van der Waals surface area contributed by atoms with Gasteiger partial charge in [0.1, 0.15) is 5.39 Å². The van der Waals surface area contributed by atoms with Gasteiger partial charge in [-0.1, -0.05) is 32.0 Å². The van der Waals surface area contributed by atoms with E-state index in [1.54, 1.807) is 9.36 Å². The van der Waals surface area contributed by atoms with E-state index in [1.807, 2.05) is 43.6 Å². The first-order valence-electron chi connectivity index (χ1n) is 8.37. The van der Waals surface area contributed by atoms with Gasteiger partial charge >= 0.3 is 0 Å². The first kappa shape index (κ1) is 16.1. The summed E-state index contributed by atoms with van der Waals surface area (Å²) >= 11 is 0. The molecule has 0 fully saturated rings. The van der Waals surface area contributed by atoms with Gasteiger partial charge in [0.15, 0.2) is 5.65 Å². The molecule has 3 heterocycles. The maximum Gasteiger partial charge on any atom is 0.263 e. The monoisotopic (exact) mass is 349 g/mol. The van der Waals surface area contributed by atoms with E-state index in [0.717, 1.165) is 17.1 Å². The highest BCUT2D eigenvalue weighted by Gasteiger charge is 2.15. The number of hydrogen-bond donors (Lipinski definition) is 2. The van der Waals surface area contributed by atoms with E-state index >= 15 is 0 Å². The Hall–Kier alpha value is -3.42. The van der Waals surface area contributed by atoms with Gasteiger partial charge < -0.3 is 5.32 Å². The van der Waals surface area contributed by atoms with Crippen molar-refractivity contribution in [3.05, 3.63) is 58.8 Å². The minimum atomic E-state index is -0.241. The molecule has 4 aromatic rings. The van der Waals surface area contributed by atoms with E-state index in [1.165, 1.54) is 6.20 Å². The molecule has 0 spiro atoms. The number of para-hydroxylation sites is 1. The van der Waals surface area contributed by atoms with Crippen molar-refractivity contribution >= 4 is 22.7 Å². The van der Waals surface area contributed by atoms with Crippen molar-refractivity contribution in [2.75, 3.05) is 5.32 Å². The first-order chi connectivity index (χ1) is 12.5. The fourth-order valence-electron chi connectivity index (χ4n) is 2.89. The molecule has 8 nitrogen and oxygen atoms in total. The normalized spacial score (nSPS) is 11.4. The molecule has 0 aliphatic carbocycles. The van der Waals surface area contributed by atoms with Crippen LogP contribution in [0.2, 0.25) is 0 Å². The van der Waals surface area contributed by atoms with Crippen LogP contribution in [0.15, 0.2) is 47.5 Å². The van der Waals surface area contributed by atoms with Gasteiger partial charge in [0, 0.05) is 13.2 Å². The number of rotatable bonds is 4. The number of aromatic nitrogens is 6. The molecule has 8 heteroatoms. The van der Waals surface area contributed by atoms with Gasteiger partial charge in [-0.15, -0.1) is 0 Å². The first-order valence-corrected chi connectivity index (χ1v) is 8.37. The third kappa shape index (κ3) is 2.75. The summed E-state index contributed by atoms with van der Waals surface area (Å²) in [7, 11) is 1.86. The van der Waals surface area contributed by atoms with E-state index in [4.69, 9.17) is 0 Å². The SMILES string of the molecule is CC(C)c1nn(C)cc1Nc1nc2c(cnn2-c2ccccc2)c(=O)[nH]1. The standard InChI is InChI=1S/C18H19N7O/c1-11(2)15-14(10-24(3)23-15)20-18-21-16-13(17(26)22-18)9-19-25(16)12-7-5-4-6-8-12/h4-11H,1-3H3,(H2,20,21,22,26). The summed E-state index contributed by atoms with van der Waals surface area (Å²) < 4.78 is 3.39. The second-order valence-corrected chi connectivity index (χ2v) is 6.43. The molecule has 0 aliphatic heterocycles. The zero-order valence-corrected chi connectivity index (χ0v) is 14.8. The molecule has 2 N–H and O–H groups in total. The zero-order valence-electron chi connectivity index (χ0n) is 14.8. The summed E-state index contributed by atoms with van der Waals surface area (Å²) in [4.78, 5) is 19.8. The Kier molecular flexibility index (Phi) is 3.80. The van der Waals surface area contributed by atoms with Gasteiger partial charge in [0.25, 0.3) is 5.56 Å². The summed E-state index contributed by atoms with van der Waals surface area (Å²) in [5.74, 6) is 0.596. The van der Waals surface area contributed by atoms with E-state index in [2.05, 4.69) is 39.3 Å². The van der Waals surface area contributed by atoms with Crippen LogP contribution in [-0.2, 0) is 7.05 Å². The molecule has 26 heavy (non-hydrogen) atoms. The smallest absolute Gasteiger partial charge is 0.263 e. The summed E-state index contributed by atoms with van der Waals surface area (Å²) in [6, 6.07) is 9.60. The number of nitrogens with one attached hydrogen (secondary N) is 2. The maximum atomic E-state index is 12.4. The van der Waals surface area contributed by atoms with Crippen molar-refractivity contribution in [3.63, 3.8) is 0 Å². The number of fused-ring (bicyclic) bond motifs is 1. The van der Waals surface area contributed by atoms with Crippen molar-refractivity contribution in [2.45, 2.75) is 19.8 Å². The van der Waals surface area contributed by atoms with Crippen LogP contribution in [0.3, 0.4) is 0 Å². The molecule has 0 saturated carbocycles. The molecular weight excluding hydrogens is 330 g/mol. The quantitative estimate of drug-likeness (QED) is 0.591. The number of nitrogens with zero attached hydrogens (tertiary/aromatic N) is 5. The predicted molar refractivity (Wildman–Crippen MR) is 100 cm³/mol. The molecule has 1 aromatic carbocycles. The lowest BCUT2D eigenvalue weighted by Crippen LogP contribution is -2.12. The van der Waals surface area contributed by atoms with Crippen LogP contribution in [0, 0.1) is 0 Å². The van der Waals surface area contributed by atoms with Crippen LogP contribution in [0.4, 0.5) is 11.6 Å². The average Bonchev–Trinajstić information content (AvgIpc) is 3.19. The Labute approximate surface area is 149 Å². The minimum absolute atomic E-state index is 0.240. The van der Waals surface area contributed by atoms with E-state index in [-0.39, 0.29) is 11.5 Å². The molecule has 0 amide bonds. The lowest BCUT2D eigenvalue weighted by molar-refractivity contribution is 0.713. The average molecular weight is 349 g/mol. The minimum Gasteiger partial charge on any atom is -0.323 e. The third-order valence-corrected chi connectivity index (χ3v) is 4.10. The molecule has 0 bridgehead atoms. The molecule has 3 aromatic heterocycles. The van der Waals surface area contributed by atoms with Gasteiger partial charge in [0.2, 0.25) is 5.95 Å². The van der Waals surface area contributed by atoms with Crippen LogP contribution in [0.5, 0.6) is 0 Å². The van der Waals surface area contributed by atoms with Crippen LogP contribution < -0.4 is 10.9 Å². The highest BCUT2D eigenvalue weighted by molar-refractivity contribution is 5.77. The highest BCUT2D eigenvalue weighted by atomic mass is 16.1. The summed E-state index contributed by atoms with van der Waals surface area (Å²) in [5, 5.41) is 12.4. The van der Waals surface area contributed by atoms with E-state index in [0.29, 0.717) is 17.0 Å². The van der Waals surface area contributed by atoms with Crippen molar-refractivity contribution in [1.82, 2.24) is 29.5 Å². The van der Waals surface area contributed by atoms with Crippen molar-refractivity contribution in [3.8, 4) is 5.69 Å². The predicted octanol–water partition coefficient (Wildman–Crippen LogP) is 2.71. The summed E-state index contributed by atoms with van der Waals surface area (Å²) in [6.07, 6.45) is 3.40. The summed E-state index contributed by atoms with van der Waals surface area (Å²) in [5.41, 5.74) is 2.82. The Morgan fingerprint density at radius 3 is 2.69 bits per heavy atom. The number of H-pyrrole nitrogens is 1. The fourth-order valence-corrected chi connectivity index (χ4v) is 2.89. The van der Waals surface area contributed by atoms with E-state index in [9.17, 15) is 4.79 Å². The number of anilines is 2. The number of hydrogen-bond acceptors (Lipinski definition) is 5. The lowest BCUT2D eigenvalue weighted by atomic mass is 10.1. The van der Waals surface area contributed by atoms with Crippen molar-refractivity contribution in [2.24, 2.45) is 7.05 Å². The highest BCUT2D eigenvalue weighted by Crippen LogP contribution is 2.24. The molecule has 0 radical (unpaired) electrons. The second-order valence-electron chi connectivity index (χ2n) is 6.43. The lowest BCUT2D eigenvalue weighted by Gasteiger charge is -2.08. The molecule has 4 rings (SSSR count). The Morgan fingerprint density at radius 1 is 1.19 bits per heavy atom. The number of aromatic amines is 1. The van der Waals surface area contributed by atoms with Crippen LogP contribution in [-0.4, -0.2) is 29.5 Å². The molecule has 0 atom stereocenters. The summed E-state index contributed by atoms with van der Waals surface area (Å²) in [6.45, 7) is 4.13. The number of benzene rings is 1. The van der Waals surface area contributed by atoms with E-state index < -0.39 is 0 Å². The van der Waals surface area contributed by atoms with Gasteiger partial charge in [-0.3, -0.25) is 14.5 Å². The van der Waals surface area contributed by atoms with Crippen molar-refractivity contribution in [1.29, 1.82) is 0 Å². The molecular formula is C18H19N7O. The number of aryl methyl sites for hydroxylation is 1. The molecule has 132 valence electrons. The van der Waals surface area contributed by atoms with Gasteiger partial charge in [0.05, 0.1) is 23.3 Å². The largest absolute Gasteiger partial charge is 0.323 e. The zero-order chi connectivity index (χ0) is 18.3. The van der Waals surface area contributed by atoms with Gasteiger partial charge in [-0.2, -0.15) is 15.2 Å². The third-order valence-electron chi connectivity index (χ3n) is 4.10. The van der Waals surface area contributed by atoms with Crippen LogP contribution in [0.25, 0.3) is 16.7 Å². The van der Waals surface area contributed by atoms with Gasteiger partial charge in [-0.25, -0.2) is 4.68 Å². The van der Waals surface area contributed by atoms with Crippen molar-refractivity contribution < 1.29 is 0 Å². The van der Waals surface area contributed by atoms with Crippen LogP contribution >= 0.6 is 0 Å². The Morgan fingerprint density at radius 2 is 1.96 bits per heavy atom. The second kappa shape index (κ2) is 6.14. The topological polar surface area (TPSA) is 93.4 Å². The Bertz CT molecular complexity index is 1120. The molecule has 0 aliphatic rings. The van der Waals surface area contributed by atoms with Crippen LogP contribution in [0.1, 0.15) is 25.5 Å². The van der Waals surface area contributed by atoms with Gasteiger partial charge in [-0.05, 0) is 18.1 Å². The fraction of sp³-hybridized carbons (Fsp3) is 0.222. The molecule has 0 saturated heterocycles. The maximum absolute atomic E-state index is 12.4. The molecule has 0 unspecified atom stereocenters.